The monoisotopic (exact) mass is 279 g/mol. The Hall–Kier alpha value is -2.68. The van der Waals surface area contributed by atoms with Crippen molar-refractivity contribution in [1.82, 2.24) is 4.90 Å². The van der Waals surface area contributed by atoms with E-state index in [1.54, 1.807) is 0 Å². The molecule has 21 heavy (non-hydrogen) atoms. The fraction of sp³-hybridized carbons (Fsp3) is 0.111. The third kappa shape index (κ3) is 3.66. The molecule has 0 aliphatic heterocycles. The fourth-order valence-electron chi connectivity index (χ4n) is 2.15. The van der Waals surface area contributed by atoms with Crippen LogP contribution < -0.4 is 0 Å². The number of rotatable bonds is 3. The van der Waals surface area contributed by atoms with E-state index in [4.69, 9.17) is 0 Å². The molecular formula is C18H17NO2. The van der Waals surface area contributed by atoms with Gasteiger partial charge in [0.05, 0.1) is 5.70 Å². The molecule has 0 fully saturated rings. The lowest BCUT2D eigenvalue weighted by Gasteiger charge is -2.21. The van der Waals surface area contributed by atoms with Gasteiger partial charge < -0.3 is 0 Å². The quantitative estimate of drug-likeness (QED) is 0.805. The predicted octanol–water partition coefficient (Wildman–Crippen LogP) is 3.58. The van der Waals surface area contributed by atoms with E-state index < -0.39 is 0 Å². The normalized spacial score (nSPS) is 11.0. The highest BCUT2D eigenvalue weighted by molar-refractivity contribution is 6.05. The van der Waals surface area contributed by atoms with E-state index >= 15 is 0 Å². The molecule has 106 valence electrons. The maximum atomic E-state index is 11.9. The Labute approximate surface area is 124 Å². The molecule has 2 rings (SSSR count). The minimum atomic E-state index is -0.298. The van der Waals surface area contributed by atoms with Gasteiger partial charge in [0.15, 0.2) is 0 Å². The Morgan fingerprint density at radius 2 is 1.29 bits per heavy atom. The molecule has 3 nitrogen and oxygen atoms in total. The van der Waals surface area contributed by atoms with Gasteiger partial charge in [0.1, 0.15) is 0 Å². The SMILES string of the molecule is CC(=O)N(C(C)=O)/C(=C\c1ccccc1)c1ccccc1. The average Bonchev–Trinajstić information content (AvgIpc) is 2.48. The molecule has 2 aromatic carbocycles. The molecule has 0 aliphatic carbocycles. The molecule has 0 spiro atoms. The van der Waals surface area contributed by atoms with Crippen LogP contribution in [0.1, 0.15) is 25.0 Å². The molecule has 0 aromatic heterocycles. The highest BCUT2D eigenvalue weighted by Gasteiger charge is 2.20. The van der Waals surface area contributed by atoms with Gasteiger partial charge in [-0.1, -0.05) is 60.7 Å². The first-order valence-corrected chi connectivity index (χ1v) is 6.73. The van der Waals surface area contributed by atoms with E-state index in [1.807, 2.05) is 66.7 Å². The largest absolute Gasteiger partial charge is 0.274 e. The van der Waals surface area contributed by atoms with Crippen LogP contribution in [0, 0.1) is 0 Å². The molecule has 0 saturated carbocycles. The molecule has 0 radical (unpaired) electrons. The summed E-state index contributed by atoms with van der Waals surface area (Å²) >= 11 is 0. The molecule has 0 atom stereocenters. The van der Waals surface area contributed by atoms with Crippen LogP contribution in [0.4, 0.5) is 0 Å². The minimum Gasteiger partial charge on any atom is -0.274 e. The standard InChI is InChI=1S/C18H17NO2/c1-14(20)19(15(2)21)18(17-11-7-4-8-12-17)13-16-9-5-3-6-10-16/h3-13H,1-2H3/b18-13-. The Bertz CT molecular complexity index is 646. The number of hydrogen-bond donors (Lipinski definition) is 0. The highest BCUT2D eigenvalue weighted by Crippen LogP contribution is 2.23. The molecule has 0 N–H and O–H groups in total. The molecule has 0 saturated heterocycles. The molecule has 2 amide bonds. The summed E-state index contributed by atoms with van der Waals surface area (Å²) < 4.78 is 0. The van der Waals surface area contributed by atoms with Crippen LogP contribution in [-0.4, -0.2) is 16.7 Å². The van der Waals surface area contributed by atoms with E-state index in [-0.39, 0.29) is 11.8 Å². The Kier molecular flexibility index (Phi) is 4.67. The third-order valence-corrected chi connectivity index (χ3v) is 3.04. The smallest absolute Gasteiger partial charge is 0.230 e. The summed E-state index contributed by atoms with van der Waals surface area (Å²) in [6.07, 6.45) is 1.85. The average molecular weight is 279 g/mol. The minimum absolute atomic E-state index is 0.298. The van der Waals surface area contributed by atoms with Gasteiger partial charge in [-0.15, -0.1) is 0 Å². The van der Waals surface area contributed by atoms with Gasteiger partial charge in [0, 0.05) is 13.8 Å². The van der Waals surface area contributed by atoms with Gasteiger partial charge in [0.2, 0.25) is 11.8 Å². The van der Waals surface area contributed by atoms with Gasteiger partial charge in [-0.05, 0) is 17.2 Å². The summed E-state index contributed by atoms with van der Waals surface area (Å²) in [4.78, 5) is 24.9. The van der Waals surface area contributed by atoms with Crippen LogP contribution in [0.3, 0.4) is 0 Å². The van der Waals surface area contributed by atoms with Crippen LogP contribution in [0.2, 0.25) is 0 Å². The molecule has 3 heteroatoms. The van der Waals surface area contributed by atoms with Gasteiger partial charge >= 0.3 is 0 Å². The molecule has 0 unspecified atom stereocenters. The molecule has 0 bridgehead atoms. The zero-order valence-electron chi connectivity index (χ0n) is 12.1. The maximum Gasteiger partial charge on any atom is 0.230 e. The Balaban J connectivity index is 2.57. The number of amides is 2. The lowest BCUT2D eigenvalue weighted by Crippen LogP contribution is -2.31. The Morgan fingerprint density at radius 3 is 1.76 bits per heavy atom. The van der Waals surface area contributed by atoms with Crippen molar-refractivity contribution in [2.45, 2.75) is 13.8 Å². The van der Waals surface area contributed by atoms with E-state index in [9.17, 15) is 9.59 Å². The lowest BCUT2D eigenvalue weighted by atomic mass is 10.1. The predicted molar refractivity (Wildman–Crippen MR) is 84.0 cm³/mol. The van der Waals surface area contributed by atoms with Crippen LogP contribution in [-0.2, 0) is 9.59 Å². The molecule has 2 aromatic rings. The number of carbonyl (C=O) groups excluding carboxylic acids is 2. The highest BCUT2D eigenvalue weighted by atomic mass is 16.2. The second-order valence-electron chi connectivity index (χ2n) is 4.68. The van der Waals surface area contributed by atoms with E-state index in [2.05, 4.69) is 0 Å². The lowest BCUT2D eigenvalue weighted by molar-refractivity contribution is -0.137. The number of nitrogens with zero attached hydrogens (tertiary/aromatic N) is 1. The van der Waals surface area contributed by atoms with Crippen LogP contribution in [0.15, 0.2) is 60.7 Å². The van der Waals surface area contributed by atoms with Crippen molar-refractivity contribution in [3.63, 3.8) is 0 Å². The summed E-state index contributed by atoms with van der Waals surface area (Å²) in [6.45, 7) is 2.78. The summed E-state index contributed by atoms with van der Waals surface area (Å²) in [5.41, 5.74) is 2.34. The van der Waals surface area contributed by atoms with Crippen molar-refractivity contribution in [2.24, 2.45) is 0 Å². The molecule has 0 heterocycles. The summed E-state index contributed by atoms with van der Waals surface area (Å²) in [6, 6.07) is 19.0. The third-order valence-electron chi connectivity index (χ3n) is 3.04. The van der Waals surface area contributed by atoms with Crippen molar-refractivity contribution in [1.29, 1.82) is 0 Å². The van der Waals surface area contributed by atoms with Crippen molar-refractivity contribution in [3.05, 3.63) is 71.8 Å². The first-order chi connectivity index (χ1) is 10.1. The van der Waals surface area contributed by atoms with Gasteiger partial charge in [0.25, 0.3) is 0 Å². The first kappa shape index (κ1) is 14.7. The molecular weight excluding hydrogens is 262 g/mol. The van der Waals surface area contributed by atoms with Crippen LogP contribution >= 0.6 is 0 Å². The van der Waals surface area contributed by atoms with E-state index in [0.29, 0.717) is 5.70 Å². The fourth-order valence-corrected chi connectivity index (χ4v) is 2.15. The van der Waals surface area contributed by atoms with Crippen molar-refractivity contribution in [3.8, 4) is 0 Å². The Morgan fingerprint density at radius 1 is 0.810 bits per heavy atom. The summed E-state index contributed by atoms with van der Waals surface area (Å²) in [5.74, 6) is -0.595. The van der Waals surface area contributed by atoms with E-state index in [1.165, 1.54) is 18.7 Å². The second-order valence-corrected chi connectivity index (χ2v) is 4.68. The zero-order valence-corrected chi connectivity index (χ0v) is 12.1. The number of carbonyl (C=O) groups is 2. The number of benzene rings is 2. The van der Waals surface area contributed by atoms with Crippen molar-refractivity contribution < 1.29 is 9.59 Å². The van der Waals surface area contributed by atoms with Crippen LogP contribution in [0.25, 0.3) is 11.8 Å². The summed E-state index contributed by atoms with van der Waals surface area (Å²) in [5, 5.41) is 0. The van der Waals surface area contributed by atoms with Crippen molar-refractivity contribution in [2.75, 3.05) is 0 Å². The summed E-state index contributed by atoms with van der Waals surface area (Å²) in [7, 11) is 0. The molecule has 0 aliphatic rings. The van der Waals surface area contributed by atoms with E-state index in [0.717, 1.165) is 11.1 Å². The number of imide groups is 1. The maximum absolute atomic E-state index is 11.9. The van der Waals surface area contributed by atoms with Crippen LogP contribution in [0.5, 0.6) is 0 Å². The topological polar surface area (TPSA) is 37.4 Å². The van der Waals surface area contributed by atoms with Gasteiger partial charge in [-0.3, -0.25) is 14.5 Å². The zero-order chi connectivity index (χ0) is 15.2. The first-order valence-electron chi connectivity index (χ1n) is 6.73. The van der Waals surface area contributed by atoms with Gasteiger partial charge in [-0.2, -0.15) is 0 Å². The van der Waals surface area contributed by atoms with Gasteiger partial charge in [-0.25, -0.2) is 0 Å². The number of hydrogen-bond acceptors (Lipinski definition) is 2. The second kappa shape index (κ2) is 6.66. The van der Waals surface area contributed by atoms with Crippen molar-refractivity contribution >= 4 is 23.6 Å².